The minimum absolute atomic E-state index is 0.0192. The van der Waals surface area contributed by atoms with Crippen molar-refractivity contribution >= 4 is 11.7 Å². The van der Waals surface area contributed by atoms with Gasteiger partial charge in [0.1, 0.15) is 0 Å². The van der Waals surface area contributed by atoms with Gasteiger partial charge in [-0.2, -0.15) is 0 Å². The quantitative estimate of drug-likeness (QED) is 0.531. The van der Waals surface area contributed by atoms with Gasteiger partial charge in [-0.15, -0.1) is 0 Å². The third-order valence-corrected chi connectivity index (χ3v) is 5.68. The molecule has 7 nitrogen and oxygen atoms in total. The number of hydrogen-bond donors (Lipinski definition) is 3. The van der Waals surface area contributed by atoms with Crippen LogP contribution < -0.4 is 10.6 Å². The lowest BCUT2D eigenvalue weighted by molar-refractivity contribution is -0.120. The molecule has 1 amide bonds. The number of carbonyl (C=O) groups is 2. The van der Waals surface area contributed by atoms with Crippen molar-refractivity contribution in [2.24, 2.45) is 5.41 Å². The molecule has 28 heavy (non-hydrogen) atoms. The molecule has 1 aromatic rings. The van der Waals surface area contributed by atoms with E-state index in [1.54, 1.807) is 23.4 Å². The van der Waals surface area contributed by atoms with Crippen LogP contribution in [0, 0.1) is 5.41 Å². The number of nitrogens with one attached hydrogen (secondary N) is 2. The Morgan fingerprint density at radius 3 is 2.68 bits per heavy atom. The lowest BCUT2D eigenvalue weighted by atomic mass is 9.68. The zero-order valence-corrected chi connectivity index (χ0v) is 16.3. The van der Waals surface area contributed by atoms with Crippen LogP contribution in [0.15, 0.2) is 47.3 Å². The van der Waals surface area contributed by atoms with E-state index in [0.717, 1.165) is 18.7 Å². The molecule has 3 N–H and O–H groups in total. The second kappa shape index (κ2) is 7.05. The molecule has 4 rings (SSSR count). The standard InChI is InChI=1S/C21H26N4O3/c1-21(2)10-14-17(15(26)11-21)16(13-4-3-5-23-12-13)18(19(27)24-14)20(28)25-8-6-22-7-9-25/h3-5,12,16,22,28H,6-11H2,1-2H3,(H,24,27)/b20-18+/t16-/m1/s1. The van der Waals surface area contributed by atoms with E-state index < -0.39 is 5.92 Å². The largest absolute Gasteiger partial charge is 0.494 e. The molecule has 3 heterocycles. The van der Waals surface area contributed by atoms with E-state index in [0.29, 0.717) is 37.2 Å². The van der Waals surface area contributed by atoms with Crippen LogP contribution in [0.5, 0.6) is 0 Å². The molecule has 2 aliphatic heterocycles. The number of nitrogens with zero attached hydrogens (tertiary/aromatic N) is 2. The van der Waals surface area contributed by atoms with E-state index in [1.807, 2.05) is 19.9 Å². The molecule has 1 atom stereocenters. The summed E-state index contributed by atoms with van der Waals surface area (Å²) in [5, 5.41) is 17.2. The fourth-order valence-corrected chi connectivity index (χ4v) is 4.42. The molecule has 1 aliphatic carbocycles. The van der Waals surface area contributed by atoms with Crippen LogP contribution in [0.25, 0.3) is 0 Å². The zero-order chi connectivity index (χ0) is 19.9. The van der Waals surface area contributed by atoms with Gasteiger partial charge in [0.05, 0.1) is 11.5 Å². The highest BCUT2D eigenvalue weighted by Gasteiger charge is 2.45. The van der Waals surface area contributed by atoms with Crippen molar-refractivity contribution in [1.82, 2.24) is 20.5 Å². The number of aliphatic hydroxyl groups excluding tert-OH is 1. The summed E-state index contributed by atoms with van der Waals surface area (Å²) in [6.07, 6.45) is 4.37. The van der Waals surface area contributed by atoms with Gasteiger partial charge in [0, 0.05) is 56.3 Å². The summed E-state index contributed by atoms with van der Waals surface area (Å²) in [5.74, 6) is -0.965. The molecule has 0 unspecified atom stereocenters. The van der Waals surface area contributed by atoms with Gasteiger partial charge < -0.3 is 20.6 Å². The van der Waals surface area contributed by atoms with E-state index in [9.17, 15) is 14.7 Å². The van der Waals surface area contributed by atoms with Gasteiger partial charge in [0.2, 0.25) is 0 Å². The number of aromatic nitrogens is 1. The predicted octanol–water partition coefficient (Wildman–Crippen LogP) is 1.61. The van der Waals surface area contributed by atoms with Gasteiger partial charge in [-0.05, 0) is 23.5 Å². The molecule has 0 bridgehead atoms. The van der Waals surface area contributed by atoms with E-state index in [4.69, 9.17) is 0 Å². The Morgan fingerprint density at radius 2 is 2.00 bits per heavy atom. The normalized spacial score (nSPS) is 26.6. The Bertz CT molecular complexity index is 867. The van der Waals surface area contributed by atoms with Crippen molar-refractivity contribution in [3.8, 4) is 0 Å². The number of rotatable bonds is 2. The number of carbonyl (C=O) groups excluding carboxylic acids is 2. The minimum Gasteiger partial charge on any atom is -0.494 e. The molecular formula is C21H26N4O3. The summed E-state index contributed by atoms with van der Waals surface area (Å²) >= 11 is 0. The molecule has 148 valence electrons. The maximum absolute atomic E-state index is 13.1. The maximum Gasteiger partial charge on any atom is 0.257 e. The van der Waals surface area contributed by atoms with Gasteiger partial charge >= 0.3 is 0 Å². The first-order chi connectivity index (χ1) is 13.4. The van der Waals surface area contributed by atoms with Crippen molar-refractivity contribution in [3.05, 3.63) is 52.8 Å². The first kappa shape index (κ1) is 18.7. The zero-order valence-electron chi connectivity index (χ0n) is 16.3. The van der Waals surface area contributed by atoms with Crippen molar-refractivity contribution in [3.63, 3.8) is 0 Å². The van der Waals surface area contributed by atoms with Gasteiger partial charge in [-0.3, -0.25) is 14.6 Å². The number of allylic oxidation sites excluding steroid dienone is 2. The number of Topliss-reactive ketones (excluding diaryl/α,β-unsaturated/α-hetero) is 1. The van der Waals surface area contributed by atoms with Crippen molar-refractivity contribution in [1.29, 1.82) is 0 Å². The molecule has 0 radical (unpaired) electrons. The molecule has 7 heteroatoms. The molecule has 1 saturated heterocycles. The summed E-state index contributed by atoms with van der Waals surface area (Å²) in [4.78, 5) is 32.2. The number of hydrogen-bond acceptors (Lipinski definition) is 6. The van der Waals surface area contributed by atoms with Crippen LogP contribution in [0.4, 0.5) is 0 Å². The Balaban J connectivity index is 1.88. The molecular weight excluding hydrogens is 356 g/mol. The number of piperazine rings is 1. The highest BCUT2D eigenvalue weighted by molar-refractivity contribution is 6.08. The highest BCUT2D eigenvalue weighted by atomic mass is 16.3. The molecule has 0 saturated carbocycles. The summed E-state index contributed by atoms with van der Waals surface area (Å²) in [6.45, 7) is 6.74. The van der Waals surface area contributed by atoms with Crippen LogP contribution in [-0.4, -0.2) is 52.9 Å². The van der Waals surface area contributed by atoms with E-state index in [-0.39, 0.29) is 28.6 Å². The van der Waals surface area contributed by atoms with Crippen molar-refractivity contribution in [2.75, 3.05) is 26.2 Å². The number of aliphatic hydroxyl groups is 1. The Kier molecular flexibility index (Phi) is 4.71. The monoisotopic (exact) mass is 382 g/mol. The van der Waals surface area contributed by atoms with Crippen molar-refractivity contribution < 1.29 is 14.7 Å². The van der Waals surface area contributed by atoms with E-state index in [1.165, 1.54) is 0 Å². The smallest absolute Gasteiger partial charge is 0.257 e. The average molecular weight is 382 g/mol. The van der Waals surface area contributed by atoms with Crippen molar-refractivity contribution in [2.45, 2.75) is 32.6 Å². The van der Waals surface area contributed by atoms with Gasteiger partial charge in [-0.25, -0.2) is 0 Å². The van der Waals surface area contributed by atoms with Crippen LogP contribution >= 0.6 is 0 Å². The third kappa shape index (κ3) is 3.30. The number of pyridine rings is 1. The summed E-state index contributed by atoms with van der Waals surface area (Å²) in [5.41, 5.74) is 2.04. The van der Waals surface area contributed by atoms with Gasteiger partial charge in [0.25, 0.3) is 5.91 Å². The maximum atomic E-state index is 13.1. The first-order valence-electron chi connectivity index (χ1n) is 9.74. The molecule has 3 aliphatic rings. The summed E-state index contributed by atoms with van der Waals surface area (Å²) in [6, 6.07) is 3.65. The number of amides is 1. The Hall–Kier alpha value is -2.67. The molecule has 0 aromatic carbocycles. The topological polar surface area (TPSA) is 94.6 Å². The Labute approximate surface area is 164 Å². The highest BCUT2D eigenvalue weighted by Crippen LogP contribution is 2.46. The predicted molar refractivity (Wildman–Crippen MR) is 104 cm³/mol. The average Bonchev–Trinajstić information content (AvgIpc) is 2.67. The second-order valence-electron chi connectivity index (χ2n) is 8.48. The molecule has 1 aromatic heterocycles. The third-order valence-electron chi connectivity index (χ3n) is 5.68. The summed E-state index contributed by atoms with van der Waals surface area (Å²) < 4.78 is 0. The van der Waals surface area contributed by atoms with Gasteiger partial charge in [0.15, 0.2) is 11.7 Å². The molecule has 1 fully saturated rings. The first-order valence-corrected chi connectivity index (χ1v) is 9.74. The van der Waals surface area contributed by atoms with E-state index >= 15 is 0 Å². The number of ketones is 1. The SMILES string of the molecule is CC1(C)CC(=O)C2=C(C1)NC(=O)/C(=C(/O)N1CCNCC1)[C@@H]2c1cccnc1. The fraction of sp³-hybridized carbons (Fsp3) is 0.476. The lowest BCUT2D eigenvalue weighted by Crippen LogP contribution is -2.46. The fourth-order valence-electron chi connectivity index (χ4n) is 4.42. The van der Waals surface area contributed by atoms with E-state index in [2.05, 4.69) is 15.6 Å². The molecule has 0 spiro atoms. The lowest BCUT2D eigenvalue weighted by Gasteiger charge is -2.40. The second-order valence-corrected chi connectivity index (χ2v) is 8.48. The van der Waals surface area contributed by atoms with Crippen LogP contribution in [0.3, 0.4) is 0 Å². The Morgan fingerprint density at radius 1 is 1.25 bits per heavy atom. The van der Waals surface area contributed by atoms with Gasteiger partial charge in [-0.1, -0.05) is 19.9 Å². The van der Waals surface area contributed by atoms with Crippen LogP contribution in [0.1, 0.15) is 38.2 Å². The minimum atomic E-state index is -0.601. The summed E-state index contributed by atoms with van der Waals surface area (Å²) in [7, 11) is 0. The van der Waals surface area contributed by atoms with Crippen LogP contribution in [0.2, 0.25) is 0 Å². The van der Waals surface area contributed by atoms with Crippen LogP contribution in [-0.2, 0) is 9.59 Å².